The molecule has 0 amide bonds. The van der Waals surface area contributed by atoms with Crippen molar-refractivity contribution in [3.63, 3.8) is 0 Å². The Morgan fingerprint density at radius 1 is 1.09 bits per heavy atom. The van der Waals surface area contributed by atoms with Crippen molar-refractivity contribution in [3.05, 3.63) is 25.3 Å². The van der Waals surface area contributed by atoms with Gasteiger partial charge >= 0.3 is 0 Å². The first-order chi connectivity index (χ1) is 15.6. The number of rotatable bonds is 4. The van der Waals surface area contributed by atoms with Crippen LogP contribution in [0.15, 0.2) is 25.3 Å². The van der Waals surface area contributed by atoms with Crippen molar-refractivity contribution in [1.29, 1.82) is 0 Å². The normalized spacial score (nSPS) is 25.1. The maximum atomic E-state index is 9.95. The van der Waals surface area contributed by atoms with E-state index in [9.17, 15) is 10.2 Å². The maximum Gasteiger partial charge on any atom is 0.182 e. The molecule has 32 heavy (non-hydrogen) atoms. The van der Waals surface area contributed by atoms with Crippen molar-refractivity contribution in [2.24, 2.45) is 0 Å². The number of H-pyrrole nitrogens is 1. The van der Waals surface area contributed by atoms with Gasteiger partial charge in [0, 0.05) is 6.04 Å². The second kappa shape index (κ2) is 8.23. The lowest BCUT2D eigenvalue weighted by Gasteiger charge is -2.16. The number of anilines is 2. The highest BCUT2D eigenvalue weighted by Crippen LogP contribution is 2.31. The molecular weight excluding hydrogens is 420 g/mol. The molecule has 0 spiro atoms. The van der Waals surface area contributed by atoms with Crippen LogP contribution in [-0.4, -0.2) is 85.7 Å². The van der Waals surface area contributed by atoms with E-state index in [4.69, 9.17) is 15.6 Å². The van der Waals surface area contributed by atoms with Gasteiger partial charge in [-0.1, -0.05) is 0 Å². The highest BCUT2D eigenvalue weighted by molar-refractivity contribution is 5.82. The Morgan fingerprint density at radius 2 is 1.91 bits per heavy atom. The van der Waals surface area contributed by atoms with E-state index in [0.717, 1.165) is 17.0 Å². The SMILES string of the molecule is Nc1ncnc2c1ncn2[C@@H]1O[C@H](CO)[C@@H](O)[C@@H]1O.c1nc(NC2CC2)c2[nH]cnc2n1. The van der Waals surface area contributed by atoms with Crippen LogP contribution in [-0.2, 0) is 4.74 Å². The number of aromatic nitrogens is 8. The maximum absolute atomic E-state index is 9.95. The Bertz CT molecular complexity index is 1220. The molecule has 6 rings (SSSR count). The summed E-state index contributed by atoms with van der Waals surface area (Å²) in [5.41, 5.74) is 8.06. The topological polar surface area (TPSA) is 206 Å². The van der Waals surface area contributed by atoms with Crippen molar-refractivity contribution >= 4 is 34.0 Å². The number of ether oxygens (including phenoxy) is 1. The van der Waals surface area contributed by atoms with E-state index in [1.165, 1.54) is 36.4 Å². The molecule has 168 valence electrons. The number of nitrogens with two attached hydrogens (primary N) is 1. The average molecular weight is 442 g/mol. The van der Waals surface area contributed by atoms with Gasteiger partial charge in [0.2, 0.25) is 0 Å². The Kier molecular flexibility index (Phi) is 5.26. The predicted molar refractivity (Wildman–Crippen MR) is 111 cm³/mol. The summed E-state index contributed by atoms with van der Waals surface area (Å²) in [6.45, 7) is -0.390. The van der Waals surface area contributed by atoms with E-state index in [1.54, 1.807) is 6.33 Å². The van der Waals surface area contributed by atoms with Crippen LogP contribution in [0.3, 0.4) is 0 Å². The van der Waals surface area contributed by atoms with Gasteiger partial charge in [-0.25, -0.2) is 29.9 Å². The highest BCUT2D eigenvalue weighted by Gasteiger charge is 2.44. The summed E-state index contributed by atoms with van der Waals surface area (Å²) in [4.78, 5) is 27.2. The molecule has 0 bridgehead atoms. The van der Waals surface area contributed by atoms with Gasteiger partial charge < -0.3 is 36.1 Å². The largest absolute Gasteiger partial charge is 0.394 e. The lowest BCUT2D eigenvalue weighted by Crippen LogP contribution is -2.33. The first kappa shape index (κ1) is 20.4. The predicted octanol–water partition coefficient (Wildman–Crippen LogP) is -1.05. The molecule has 1 saturated heterocycles. The molecule has 14 heteroatoms. The third-order valence-electron chi connectivity index (χ3n) is 5.32. The van der Waals surface area contributed by atoms with Crippen molar-refractivity contribution in [2.75, 3.05) is 17.7 Å². The molecule has 14 nitrogen and oxygen atoms in total. The van der Waals surface area contributed by atoms with Gasteiger partial charge in [0.05, 0.1) is 19.3 Å². The van der Waals surface area contributed by atoms with E-state index in [0.29, 0.717) is 17.2 Å². The summed E-state index contributed by atoms with van der Waals surface area (Å²) < 4.78 is 6.85. The number of aliphatic hydroxyl groups is 3. The second-order valence-corrected chi connectivity index (χ2v) is 7.55. The van der Waals surface area contributed by atoms with Gasteiger partial charge in [0.15, 0.2) is 29.2 Å². The van der Waals surface area contributed by atoms with Crippen LogP contribution in [0.25, 0.3) is 22.3 Å². The molecule has 7 N–H and O–H groups in total. The van der Waals surface area contributed by atoms with Crippen molar-refractivity contribution < 1.29 is 20.1 Å². The fourth-order valence-corrected chi connectivity index (χ4v) is 3.46. The minimum Gasteiger partial charge on any atom is -0.394 e. The Labute approximate surface area is 180 Å². The van der Waals surface area contributed by atoms with Crippen LogP contribution in [0.1, 0.15) is 19.1 Å². The van der Waals surface area contributed by atoms with Crippen LogP contribution in [0.2, 0.25) is 0 Å². The number of aliphatic hydroxyl groups excluding tert-OH is 3. The number of hydrogen-bond donors (Lipinski definition) is 6. The fraction of sp³-hybridized carbons (Fsp3) is 0.444. The zero-order valence-corrected chi connectivity index (χ0v) is 16.8. The first-order valence-corrected chi connectivity index (χ1v) is 10.0. The van der Waals surface area contributed by atoms with Gasteiger partial charge in [-0.3, -0.25) is 4.57 Å². The third-order valence-corrected chi connectivity index (χ3v) is 5.32. The molecule has 2 aliphatic rings. The van der Waals surface area contributed by atoms with Gasteiger partial charge in [0.25, 0.3) is 0 Å². The highest BCUT2D eigenvalue weighted by atomic mass is 16.6. The second-order valence-electron chi connectivity index (χ2n) is 7.55. The molecule has 0 aromatic carbocycles. The summed E-state index contributed by atoms with van der Waals surface area (Å²) in [5.74, 6) is 1.08. The minimum absolute atomic E-state index is 0.218. The van der Waals surface area contributed by atoms with E-state index < -0.39 is 31.1 Å². The number of hydrogen-bond acceptors (Lipinski definition) is 12. The van der Waals surface area contributed by atoms with E-state index in [-0.39, 0.29) is 5.82 Å². The average Bonchev–Trinajstić information content (AvgIpc) is 3.20. The lowest BCUT2D eigenvalue weighted by atomic mass is 10.1. The summed E-state index contributed by atoms with van der Waals surface area (Å²) in [7, 11) is 0. The first-order valence-electron chi connectivity index (χ1n) is 10.0. The summed E-state index contributed by atoms with van der Waals surface area (Å²) in [6, 6.07) is 0.599. The minimum atomic E-state index is -1.19. The number of aromatic amines is 1. The fourth-order valence-electron chi connectivity index (χ4n) is 3.46. The van der Waals surface area contributed by atoms with E-state index in [1.807, 2.05) is 0 Å². The van der Waals surface area contributed by atoms with Crippen LogP contribution in [0.4, 0.5) is 11.6 Å². The molecule has 4 aromatic heterocycles. The van der Waals surface area contributed by atoms with Gasteiger partial charge in [0.1, 0.15) is 42.0 Å². The van der Waals surface area contributed by atoms with Crippen LogP contribution in [0, 0.1) is 0 Å². The molecular formula is C18H22N10O4. The molecule has 0 radical (unpaired) electrons. The molecule has 4 atom stereocenters. The van der Waals surface area contributed by atoms with Crippen molar-refractivity contribution in [3.8, 4) is 0 Å². The molecule has 1 aliphatic carbocycles. The zero-order valence-electron chi connectivity index (χ0n) is 16.8. The van der Waals surface area contributed by atoms with Gasteiger partial charge in [-0.15, -0.1) is 0 Å². The number of fused-ring (bicyclic) bond motifs is 2. The Morgan fingerprint density at radius 3 is 2.66 bits per heavy atom. The van der Waals surface area contributed by atoms with E-state index in [2.05, 4.69) is 40.2 Å². The number of nitrogens with one attached hydrogen (secondary N) is 2. The van der Waals surface area contributed by atoms with E-state index >= 15 is 0 Å². The standard InChI is InChI=1S/C10H13N5O4.C8H9N5/c11-8-5-9(13-2-12-8)15(3-14-5)10-7(18)6(17)4(1-16)19-10;1-2-5(1)13-8-6-7(10-3-9-6)11-4-12-8/h2-4,6-7,10,16-18H,1H2,(H2,11,12,13);3-5H,1-2H2,(H2,9,10,11,12,13)/t4-,6-,7+,10-;/m1./s1. The molecule has 2 fully saturated rings. The molecule has 4 aromatic rings. The van der Waals surface area contributed by atoms with Crippen molar-refractivity contribution in [2.45, 2.75) is 43.4 Å². The van der Waals surface area contributed by atoms with Crippen LogP contribution in [0.5, 0.6) is 0 Å². The molecule has 5 heterocycles. The smallest absolute Gasteiger partial charge is 0.182 e. The molecule has 0 unspecified atom stereocenters. The Balaban J connectivity index is 0.000000144. The lowest BCUT2D eigenvalue weighted by molar-refractivity contribution is -0.0511. The van der Waals surface area contributed by atoms with Crippen LogP contribution >= 0.6 is 0 Å². The monoisotopic (exact) mass is 442 g/mol. The van der Waals surface area contributed by atoms with Gasteiger partial charge in [-0.2, -0.15) is 0 Å². The summed E-state index contributed by atoms with van der Waals surface area (Å²) >= 11 is 0. The molecule has 1 saturated carbocycles. The third kappa shape index (κ3) is 3.69. The quantitative estimate of drug-likeness (QED) is 0.224. The molecule has 1 aliphatic heterocycles. The number of imidazole rings is 2. The van der Waals surface area contributed by atoms with Gasteiger partial charge in [-0.05, 0) is 12.8 Å². The summed E-state index contributed by atoms with van der Waals surface area (Å²) in [5, 5.41) is 32.1. The zero-order chi connectivity index (χ0) is 22.2. The number of nitrogens with zero attached hydrogens (tertiary/aromatic N) is 7. The number of nitrogen functional groups attached to an aromatic ring is 1. The Hall–Kier alpha value is -3.46. The van der Waals surface area contributed by atoms with Crippen LogP contribution < -0.4 is 11.1 Å². The van der Waals surface area contributed by atoms with Crippen molar-refractivity contribution in [1.82, 2.24) is 39.5 Å². The summed E-state index contributed by atoms with van der Waals surface area (Å²) in [6.07, 6.45) is 4.22.